The molecule has 1 aliphatic rings. The predicted molar refractivity (Wildman–Crippen MR) is 125 cm³/mol. The number of carbonyl (C=O) groups excluding carboxylic acids is 4. The topological polar surface area (TPSA) is 151 Å². The summed E-state index contributed by atoms with van der Waals surface area (Å²) in [5, 5.41) is 13.9. The van der Waals surface area contributed by atoms with E-state index in [-0.39, 0.29) is 24.7 Å². The smallest absolute Gasteiger partial charge is 0.407 e. The molecule has 0 spiro atoms. The van der Waals surface area contributed by atoms with Crippen LogP contribution in [-0.2, 0) is 28.7 Å². The highest BCUT2D eigenvalue weighted by Crippen LogP contribution is 2.19. The molecule has 4 amide bonds. The molecule has 3 N–H and O–H groups in total. The van der Waals surface area contributed by atoms with Crippen molar-refractivity contribution in [1.82, 2.24) is 15.5 Å². The Kier molecular flexibility index (Phi) is 11.9. The highest BCUT2D eigenvalue weighted by molar-refractivity contribution is 6.14. The lowest BCUT2D eigenvalue weighted by Gasteiger charge is -2.30. The molecule has 34 heavy (non-hydrogen) atoms. The Labute approximate surface area is 201 Å². The number of aliphatic carboxylic acids is 1. The van der Waals surface area contributed by atoms with E-state index >= 15 is 0 Å². The van der Waals surface area contributed by atoms with Gasteiger partial charge in [0.25, 0.3) is 11.8 Å². The van der Waals surface area contributed by atoms with Crippen LogP contribution < -0.4 is 10.6 Å². The van der Waals surface area contributed by atoms with E-state index in [0.29, 0.717) is 19.4 Å². The zero-order valence-corrected chi connectivity index (χ0v) is 21.4. The van der Waals surface area contributed by atoms with Crippen molar-refractivity contribution in [2.24, 2.45) is 0 Å². The Morgan fingerprint density at radius 1 is 0.971 bits per heavy atom. The quantitative estimate of drug-likeness (QED) is 0.397. The van der Waals surface area contributed by atoms with Crippen molar-refractivity contribution in [3.8, 4) is 0 Å². The number of hydrogen-bond donors (Lipinski definition) is 3. The van der Waals surface area contributed by atoms with Gasteiger partial charge in [-0.05, 0) is 61.3 Å². The first kappa shape index (κ1) is 31.0. The molecule has 0 aliphatic carbocycles. The normalized spacial score (nSPS) is 13.8. The van der Waals surface area contributed by atoms with E-state index in [1.54, 1.807) is 0 Å². The maximum Gasteiger partial charge on any atom is 0.407 e. The van der Waals surface area contributed by atoms with Gasteiger partial charge in [0.05, 0.1) is 5.60 Å². The van der Waals surface area contributed by atoms with Gasteiger partial charge in [-0.3, -0.25) is 24.1 Å². The van der Waals surface area contributed by atoms with Crippen molar-refractivity contribution in [2.75, 3.05) is 20.2 Å². The van der Waals surface area contributed by atoms with Crippen LogP contribution in [0.15, 0.2) is 12.2 Å². The Bertz CT molecular complexity index is 764. The molecule has 0 unspecified atom stereocenters. The van der Waals surface area contributed by atoms with Crippen LogP contribution in [0.5, 0.6) is 0 Å². The summed E-state index contributed by atoms with van der Waals surface area (Å²) < 4.78 is 10.6. The van der Waals surface area contributed by atoms with Crippen LogP contribution >= 0.6 is 0 Å². The number of carbonyl (C=O) groups is 5. The zero-order valence-electron chi connectivity index (χ0n) is 21.4. The first-order chi connectivity index (χ1) is 15.4. The summed E-state index contributed by atoms with van der Waals surface area (Å²) in [5.74, 6) is -2.30. The number of nitrogens with one attached hydrogen (secondary N) is 2. The standard InChI is InChI=1S/C17H26N2O6.C6H13NO2/c1-16(2,9-10-25-17(3,4)8-7-15(23)24)18-12(20)11-19-13(21)5-6-14(19)22;1-6(2,3)9-5(8)7-4/h5-6H,7-11H2,1-4H3,(H,18,20)(H,23,24);1-4H3,(H,7,8). The average molecular weight is 486 g/mol. The van der Waals surface area contributed by atoms with Crippen molar-refractivity contribution in [2.45, 2.75) is 84.5 Å². The number of alkyl carbamates (subject to hydrolysis) is 1. The fraction of sp³-hybridized carbons (Fsp3) is 0.696. The minimum atomic E-state index is -0.871. The Balaban J connectivity index is 0.00000102. The van der Waals surface area contributed by atoms with Crippen molar-refractivity contribution >= 4 is 29.8 Å². The number of carboxylic acid groups (broad SMARTS) is 1. The summed E-state index contributed by atoms with van der Waals surface area (Å²) in [7, 11) is 1.54. The van der Waals surface area contributed by atoms with Gasteiger partial charge in [0.15, 0.2) is 0 Å². The van der Waals surface area contributed by atoms with Gasteiger partial charge in [0.2, 0.25) is 5.91 Å². The summed E-state index contributed by atoms with van der Waals surface area (Å²) in [6.07, 6.45) is 2.79. The minimum absolute atomic E-state index is 0.0268. The second kappa shape index (κ2) is 13.1. The fourth-order valence-electron chi connectivity index (χ4n) is 2.60. The van der Waals surface area contributed by atoms with Crippen LogP contribution in [0, 0.1) is 0 Å². The maximum absolute atomic E-state index is 12.1. The lowest BCUT2D eigenvalue weighted by molar-refractivity contribution is -0.141. The third kappa shape index (κ3) is 14.2. The molecule has 0 aromatic heterocycles. The summed E-state index contributed by atoms with van der Waals surface area (Å²) in [6, 6.07) is 0. The molecule has 11 heteroatoms. The van der Waals surface area contributed by atoms with Gasteiger partial charge >= 0.3 is 12.1 Å². The van der Waals surface area contributed by atoms with Gasteiger partial charge in [0, 0.05) is 37.8 Å². The number of imide groups is 1. The van der Waals surface area contributed by atoms with Gasteiger partial charge in [0.1, 0.15) is 12.1 Å². The molecule has 0 bridgehead atoms. The molecule has 1 heterocycles. The molecular weight excluding hydrogens is 446 g/mol. The van der Waals surface area contributed by atoms with Gasteiger partial charge < -0.3 is 25.2 Å². The SMILES string of the molecule is CC(C)(CCOC(C)(C)CCC(=O)O)NC(=O)CN1C(=O)C=CC1=O.CNC(=O)OC(C)(C)C. The number of ether oxygens (including phenoxy) is 2. The lowest BCUT2D eigenvalue weighted by Crippen LogP contribution is -2.49. The molecule has 1 aliphatic heterocycles. The number of rotatable bonds is 10. The van der Waals surface area contributed by atoms with Crippen LogP contribution in [0.1, 0.15) is 67.7 Å². The molecule has 0 saturated carbocycles. The number of amides is 4. The predicted octanol–water partition coefficient (Wildman–Crippen LogP) is 2.00. The monoisotopic (exact) mass is 485 g/mol. The highest BCUT2D eigenvalue weighted by Gasteiger charge is 2.29. The zero-order chi connectivity index (χ0) is 26.7. The second-order valence-corrected chi connectivity index (χ2v) is 10.0. The van der Waals surface area contributed by atoms with Crippen LogP contribution in [0.4, 0.5) is 4.79 Å². The summed E-state index contributed by atoms with van der Waals surface area (Å²) in [5.41, 5.74) is -1.56. The number of carboxylic acids is 1. The molecule has 11 nitrogen and oxygen atoms in total. The van der Waals surface area contributed by atoms with Crippen LogP contribution in [0.3, 0.4) is 0 Å². The van der Waals surface area contributed by atoms with Gasteiger partial charge in [-0.1, -0.05) is 0 Å². The molecule has 0 saturated heterocycles. The molecule has 0 aromatic rings. The van der Waals surface area contributed by atoms with E-state index in [1.807, 2.05) is 48.5 Å². The van der Waals surface area contributed by atoms with E-state index < -0.39 is 34.8 Å². The van der Waals surface area contributed by atoms with E-state index in [1.165, 1.54) is 7.05 Å². The Hall–Kier alpha value is -2.95. The molecule has 0 aromatic carbocycles. The molecule has 0 radical (unpaired) electrons. The summed E-state index contributed by atoms with van der Waals surface area (Å²) in [4.78, 5) is 57.0. The lowest BCUT2D eigenvalue weighted by atomic mass is 9.99. The minimum Gasteiger partial charge on any atom is -0.481 e. The van der Waals surface area contributed by atoms with E-state index in [0.717, 1.165) is 17.1 Å². The fourth-order valence-corrected chi connectivity index (χ4v) is 2.60. The van der Waals surface area contributed by atoms with Gasteiger partial charge in [-0.15, -0.1) is 0 Å². The third-order valence-corrected chi connectivity index (χ3v) is 4.44. The van der Waals surface area contributed by atoms with E-state index in [2.05, 4.69) is 10.6 Å². The van der Waals surface area contributed by atoms with Crippen molar-refractivity contribution in [1.29, 1.82) is 0 Å². The molecular formula is C23H39N3O8. The van der Waals surface area contributed by atoms with Crippen LogP contribution in [0.2, 0.25) is 0 Å². The Morgan fingerprint density at radius 3 is 1.91 bits per heavy atom. The third-order valence-electron chi connectivity index (χ3n) is 4.44. The molecule has 194 valence electrons. The number of nitrogens with zero attached hydrogens (tertiary/aromatic N) is 1. The average Bonchev–Trinajstić information content (AvgIpc) is 2.96. The van der Waals surface area contributed by atoms with Crippen molar-refractivity contribution in [3.05, 3.63) is 12.2 Å². The first-order valence-corrected chi connectivity index (χ1v) is 11.0. The van der Waals surface area contributed by atoms with Crippen molar-refractivity contribution < 1.29 is 38.6 Å². The van der Waals surface area contributed by atoms with Gasteiger partial charge in [-0.25, -0.2) is 4.79 Å². The summed E-state index contributed by atoms with van der Waals surface area (Å²) >= 11 is 0. The molecule has 0 atom stereocenters. The Morgan fingerprint density at radius 2 is 1.50 bits per heavy atom. The van der Waals surface area contributed by atoms with E-state index in [4.69, 9.17) is 14.6 Å². The van der Waals surface area contributed by atoms with Gasteiger partial charge in [-0.2, -0.15) is 0 Å². The van der Waals surface area contributed by atoms with Crippen LogP contribution in [-0.4, -0.2) is 76.7 Å². The largest absolute Gasteiger partial charge is 0.481 e. The number of hydrogen-bond acceptors (Lipinski definition) is 7. The van der Waals surface area contributed by atoms with Crippen LogP contribution in [0.25, 0.3) is 0 Å². The molecule has 0 fully saturated rings. The highest BCUT2D eigenvalue weighted by atomic mass is 16.6. The van der Waals surface area contributed by atoms with E-state index in [9.17, 15) is 24.0 Å². The molecule has 1 rings (SSSR count). The first-order valence-electron chi connectivity index (χ1n) is 11.0. The van der Waals surface area contributed by atoms with Crippen molar-refractivity contribution in [3.63, 3.8) is 0 Å². The maximum atomic E-state index is 12.1. The summed E-state index contributed by atoms with van der Waals surface area (Å²) in [6.45, 7) is 12.7. The second-order valence-electron chi connectivity index (χ2n) is 10.0.